The average molecular weight is 344 g/mol. The van der Waals surface area contributed by atoms with E-state index in [4.69, 9.17) is 4.74 Å². The summed E-state index contributed by atoms with van der Waals surface area (Å²) in [5.41, 5.74) is 0.305. The Kier molecular flexibility index (Phi) is 6.93. The topological polar surface area (TPSA) is 55.4 Å². The lowest BCUT2D eigenvalue weighted by molar-refractivity contribution is -0.142. The van der Waals surface area contributed by atoms with E-state index >= 15 is 0 Å². The first-order valence-electron chi connectivity index (χ1n) is 6.09. The van der Waals surface area contributed by atoms with E-state index in [9.17, 15) is 14.0 Å². The molecule has 0 fully saturated rings. The summed E-state index contributed by atoms with van der Waals surface area (Å²) < 4.78 is 18.8. The number of carbonyl (C=O) groups is 2. The lowest BCUT2D eigenvalue weighted by Gasteiger charge is -2.02. The van der Waals surface area contributed by atoms with Crippen molar-refractivity contribution in [3.05, 3.63) is 40.1 Å². The van der Waals surface area contributed by atoms with Crippen LogP contribution in [0, 0.1) is 5.82 Å². The highest BCUT2D eigenvalue weighted by Crippen LogP contribution is 2.16. The summed E-state index contributed by atoms with van der Waals surface area (Å²) in [6.07, 6.45) is 2.70. The Hall–Kier alpha value is -1.69. The van der Waals surface area contributed by atoms with E-state index < -0.39 is 11.7 Å². The number of hydrogen-bond donors (Lipinski definition) is 1. The molecule has 1 rings (SSSR count). The van der Waals surface area contributed by atoms with Crippen LogP contribution in [-0.4, -0.2) is 25.0 Å². The molecule has 0 unspecified atom stereocenters. The van der Waals surface area contributed by atoms with Gasteiger partial charge in [-0.2, -0.15) is 0 Å². The standard InChI is InChI=1S/C14H15BrFNO3/c1-2-20-14(19)7-8-17-13(18)6-3-10-9-11(15)4-5-12(10)16/h3-6,9H,2,7-8H2,1H3,(H,17,18). The molecule has 0 spiro atoms. The van der Waals surface area contributed by atoms with Crippen molar-refractivity contribution in [3.63, 3.8) is 0 Å². The van der Waals surface area contributed by atoms with Crippen molar-refractivity contribution >= 4 is 33.9 Å². The van der Waals surface area contributed by atoms with Crippen molar-refractivity contribution in [1.29, 1.82) is 0 Å². The minimum atomic E-state index is -0.413. The van der Waals surface area contributed by atoms with Crippen LogP contribution in [0.3, 0.4) is 0 Å². The largest absolute Gasteiger partial charge is 0.466 e. The number of hydrogen-bond acceptors (Lipinski definition) is 3. The molecule has 0 saturated heterocycles. The molecule has 0 heterocycles. The molecule has 0 atom stereocenters. The molecule has 20 heavy (non-hydrogen) atoms. The third kappa shape index (κ3) is 5.97. The molecule has 0 aromatic heterocycles. The second kappa shape index (κ2) is 8.47. The van der Waals surface area contributed by atoms with Crippen LogP contribution in [0.25, 0.3) is 6.08 Å². The second-order valence-corrected chi connectivity index (χ2v) is 4.76. The van der Waals surface area contributed by atoms with E-state index in [-0.39, 0.29) is 18.9 Å². The van der Waals surface area contributed by atoms with Crippen LogP contribution < -0.4 is 5.32 Å². The van der Waals surface area contributed by atoms with Crippen LogP contribution in [0.2, 0.25) is 0 Å². The summed E-state index contributed by atoms with van der Waals surface area (Å²) in [6.45, 7) is 2.21. The average Bonchev–Trinajstić information content (AvgIpc) is 2.40. The van der Waals surface area contributed by atoms with Gasteiger partial charge in [-0.3, -0.25) is 9.59 Å². The SMILES string of the molecule is CCOC(=O)CCNC(=O)C=Cc1cc(Br)ccc1F. The molecule has 1 aromatic rings. The van der Waals surface area contributed by atoms with Gasteiger partial charge in [0.25, 0.3) is 0 Å². The highest BCUT2D eigenvalue weighted by Gasteiger charge is 2.03. The van der Waals surface area contributed by atoms with Crippen LogP contribution >= 0.6 is 15.9 Å². The van der Waals surface area contributed by atoms with Crippen molar-refractivity contribution in [3.8, 4) is 0 Å². The number of benzene rings is 1. The maximum Gasteiger partial charge on any atom is 0.307 e. The summed E-state index contributed by atoms with van der Waals surface area (Å²) >= 11 is 3.22. The minimum Gasteiger partial charge on any atom is -0.466 e. The van der Waals surface area contributed by atoms with Gasteiger partial charge in [-0.05, 0) is 31.2 Å². The first-order chi connectivity index (χ1) is 9.52. The van der Waals surface area contributed by atoms with Crippen LogP contribution in [0.4, 0.5) is 4.39 Å². The van der Waals surface area contributed by atoms with Gasteiger partial charge in [-0.25, -0.2) is 4.39 Å². The predicted molar refractivity (Wildman–Crippen MR) is 77.4 cm³/mol. The van der Waals surface area contributed by atoms with Gasteiger partial charge in [-0.1, -0.05) is 15.9 Å². The highest BCUT2D eigenvalue weighted by molar-refractivity contribution is 9.10. The fourth-order valence-electron chi connectivity index (χ4n) is 1.39. The van der Waals surface area contributed by atoms with Gasteiger partial charge in [0.15, 0.2) is 0 Å². The van der Waals surface area contributed by atoms with E-state index in [1.807, 2.05) is 0 Å². The molecule has 1 amide bonds. The molecule has 0 aliphatic carbocycles. The van der Waals surface area contributed by atoms with Crippen molar-refractivity contribution in [2.75, 3.05) is 13.2 Å². The lowest BCUT2D eigenvalue weighted by Crippen LogP contribution is -2.24. The summed E-state index contributed by atoms with van der Waals surface area (Å²) in [4.78, 5) is 22.5. The number of esters is 1. The molecule has 108 valence electrons. The highest BCUT2D eigenvalue weighted by atomic mass is 79.9. The Morgan fingerprint density at radius 1 is 1.45 bits per heavy atom. The molecule has 6 heteroatoms. The zero-order valence-electron chi connectivity index (χ0n) is 11.0. The zero-order chi connectivity index (χ0) is 15.0. The predicted octanol–water partition coefficient (Wildman–Crippen LogP) is 2.67. The Labute approximate surface area is 125 Å². The maximum absolute atomic E-state index is 13.4. The van der Waals surface area contributed by atoms with Crippen molar-refractivity contribution in [2.45, 2.75) is 13.3 Å². The first-order valence-corrected chi connectivity index (χ1v) is 6.88. The van der Waals surface area contributed by atoms with Gasteiger partial charge >= 0.3 is 5.97 Å². The molecular weight excluding hydrogens is 329 g/mol. The van der Waals surface area contributed by atoms with E-state index in [1.165, 1.54) is 18.2 Å². The van der Waals surface area contributed by atoms with Gasteiger partial charge in [0, 0.05) is 22.7 Å². The summed E-state index contributed by atoms with van der Waals surface area (Å²) in [6, 6.07) is 4.45. The number of amides is 1. The Bertz CT molecular complexity index is 517. The quantitative estimate of drug-likeness (QED) is 0.638. The zero-order valence-corrected chi connectivity index (χ0v) is 12.6. The molecule has 1 aromatic carbocycles. The van der Waals surface area contributed by atoms with Crippen molar-refractivity contribution in [2.24, 2.45) is 0 Å². The smallest absolute Gasteiger partial charge is 0.307 e. The first kappa shape index (κ1) is 16.4. The summed E-state index contributed by atoms with van der Waals surface area (Å²) in [5, 5.41) is 2.52. The van der Waals surface area contributed by atoms with Gasteiger partial charge in [0.2, 0.25) is 5.91 Å². The number of carbonyl (C=O) groups excluding carboxylic acids is 2. The molecule has 1 N–H and O–H groups in total. The fourth-order valence-corrected chi connectivity index (χ4v) is 1.77. The van der Waals surface area contributed by atoms with Crippen LogP contribution in [-0.2, 0) is 14.3 Å². The normalized spacial score (nSPS) is 10.6. The maximum atomic E-state index is 13.4. The third-order valence-corrected chi connectivity index (χ3v) is 2.80. The Morgan fingerprint density at radius 2 is 2.20 bits per heavy atom. The molecule has 0 aliphatic rings. The van der Waals surface area contributed by atoms with Gasteiger partial charge < -0.3 is 10.1 Å². The van der Waals surface area contributed by atoms with Crippen LogP contribution in [0.1, 0.15) is 18.9 Å². The number of halogens is 2. The molecule has 0 bridgehead atoms. The van der Waals surface area contributed by atoms with Crippen LogP contribution in [0.15, 0.2) is 28.7 Å². The number of ether oxygens (including phenoxy) is 1. The third-order valence-electron chi connectivity index (χ3n) is 2.31. The molecule has 0 radical (unpaired) electrons. The molecular formula is C14H15BrFNO3. The van der Waals surface area contributed by atoms with E-state index in [0.29, 0.717) is 12.2 Å². The summed E-state index contributed by atoms with van der Waals surface area (Å²) in [5.74, 6) is -1.17. The van der Waals surface area contributed by atoms with E-state index in [1.54, 1.807) is 19.1 Å². The molecule has 0 aliphatic heterocycles. The summed E-state index contributed by atoms with van der Waals surface area (Å²) in [7, 11) is 0. The van der Waals surface area contributed by atoms with E-state index in [0.717, 1.165) is 4.47 Å². The van der Waals surface area contributed by atoms with Gasteiger partial charge in [0.1, 0.15) is 5.82 Å². The molecule has 4 nitrogen and oxygen atoms in total. The molecule has 0 saturated carbocycles. The van der Waals surface area contributed by atoms with E-state index in [2.05, 4.69) is 21.2 Å². The van der Waals surface area contributed by atoms with Gasteiger partial charge in [-0.15, -0.1) is 0 Å². The van der Waals surface area contributed by atoms with Crippen LogP contribution in [0.5, 0.6) is 0 Å². The second-order valence-electron chi connectivity index (χ2n) is 3.85. The monoisotopic (exact) mass is 343 g/mol. The lowest BCUT2D eigenvalue weighted by atomic mass is 10.2. The van der Waals surface area contributed by atoms with Crippen molar-refractivity contribution in [1.82, 2.24) is 5.32 Å². The Morgan fingerprint density at radius 3 is 2.90 bits per heavy atom. The number of nitrogens with one attached hydrogen (secondary N) is 1. The van der Waals surface area contributed by atoms with Gasteiger partial charge in [0.05, 0.1) is 13.0 Å². The van der Waals surface area contributed by atoms with Crippen molar-refractivity contribution < 1.29 is 18.7 Å². The minimum absolute atomic E-state index is 0.110. The fraction of sp³-hybridized carbons (Fsp3) is 0.286. The number of rotatable bonds is 6. The Balaban J connectivity index is 2.44.